The Kier molecular flexibility index (Phi) is 8.25. The second kappa shape index (κ2) is 11.4. The van der Waals surface area contributed by atoms with Crippen molar-refractivity contribution in [2.75, 3.05) is 31.5 Å². The molecule has 6 N–H and O–H groups in total. The van der Waals surface area contributed by atoms with E-state index in [1.165, 1.54) is 4.57 Å². The summed E-state index contributed by atoms with van der Waals surface area (Å²) in [5.41, 5.74) is 12.3. The molecule has 2 heterocycles. The maximum absolute atomic E-state index is 12.7. The Labute approximate surface area is 217 Å². The molecule has 1 saturated heterocycles. The number of carbonyl (C=O) groups is 2. The van der Waals surface area contributed by atoms with Crippen LogP contribution in [0.1, 0.15) is 45.1 Å². The fourth-order valence-electron chi connectivity index (χ4n) is 4.74. The van der Waals surface area contributed by atoms with E-state index in [1.54, 1.807) is 35.9 Å². The summed E-state index contributed by atoms with van der Waals surface area (Å²) in [5, 5.41) is 6.27. The van der Waals surface area contributed by atoms with Gasteiger partial charge in [-0.25, -0.2) is 9.59 Å². The highest BCUT2D eigenvalue weighted by molar-refractivity contribution is 5.89. The number of benzene rings is 1. The van der Waals surface area contributed by atoms with Crippen LogP contribution in [0.2, 0.25) is 0 Å². The van der Waals surface area contributed by atoms with Crippen molar-refractivity contribution in [1.29, 1.82) is 0 Å². The van der Waals surface area contributed by atoms with Gasteiger partial charge in [0.05, 0.1) is 11.2 Å². The van der Waals surface area contributed by atoms with E-state index >= 15 is 0 Å². The highest BCUT2D eigenvalue weighted by Crippen LogP contribution is 2.18. The first-order valence-electron chi connectivity index (χ1n) is 12.9. The minimum Gasteiger partial charge on any atom is -0.338 e. The van der Waals surface area contributed by atoms with Gasteiger partial charge in [0.1, 0.15) is 5.82 Å². The van der Waals surface area contributed by atoms with Crippen molar-refractivity contribution in [3.05, 3.63) is 52.6 Å². The number of aromatic nitrogens is 2. The number of rotatable bonds is 6. The van der Waals surface area contributed by atoms with Crippen LogP contribution in [-0.2, 0) is 11.3 Å². The molecule has 0 atom stereocenters. The van der Waals surface area contributed by atoms with Gasteiger partial charge in [-0.15, -0.1) is 0 Å². The summed E-state index contributed by atoms with van der Waals surface area (Å²) in [6.07, 6.45) is 5.93. The number of carbonyl (C=O) groups excluding carboxylic acids is 2. The summed E-state index contributed by atoms with van der Waals surface area (Å²) in [4.78, 5) is 44.9. The normalized spacial score (nSPS) is 20.5. The van der Waals surface area contributed by atoms with Gasteiger partial charge in [-0.3, -0.25) is 14.7 Å². The second-order valence-electron chi connectivity index (χ2n) is 10.6. The van der Waals surface area contributed by atoms with Gasteiger partial charge in [-0.1, -0.05) is 12.1 Å². The summed E-state index contributed by atoms with van der Waals surface area (Å²) < 4.78 is 1.44. The van der Waals surface area contributed by atoms with Crippen molar-refractivity contribution in [3.63, 3.8) is 0 Å². The number of amides is 3. The van der Waals surface area contributed by atoms with Crippen LogP contribution >= 0.6 is 0 Å². The Morgan fingerprint density at radius 2 is 1.62 bits per heavy atom. The molecule has 1 aromatic carbocycles. The molecule has 1 aliphatic carbocycles. The topological polar surface area (TPSA) is 152 Å². The Balaban J connectivity index is 1.29. The molecule has 11 nitrogen and oxygen atoms in total. The lowest BCUT2D eigenvalue weighted by atomic mass is 9.92. The summed E-state index contributed by atoms with van der Waals surface area (Å²) in [5.74, 6) is 0.0393. The summed E-state index contributed by atoms with van der Waals surface area (Å²) in [6.45, 7) is 5.67. The zero-order valence-electron chi connectivity index (χ0n) is 21.7. The van der Waals surface area contributed by atoms with Gasteiger partial charge < -0.3 is 26.6 Å². The lowest BCUT2D eigenvalue weighted by Gasteiger charge is -2.37. The molecular formula is C26H38N8O3. The van der Waals surface area contributed by atoms with Crippen molar-refractivity contribution in [3.8, 4) is 5.69 Å². The van der Waals surface area contributed by atoms with Crippen molar-refractivity contribution in [2.24, 2.45) is 11.5 Å². The summed E-state index contributed by atoms with van der Waals surface area (Å²) in [6, 6.07) is 9.83. The zero-order valence-corrected chi connectivity index (χ0v) is 21.7. The largest absolute Gasteiger partial charge is 0.354 e. The molecule has 11 heteroatoms. The van der Waals surface area contributed by atoms with E-state index < -0.39 is 11.2 Å². The van der Waals surface area contributed by atoms with Gasteiger partial charge in [-0.2, -0.15) is 4.98 Å². The Bertz CT molecular complexity index is 1140. The van der Waals surface area contributed by atoms with E-state index in [9.17, 15) is 14.4 Å². The number of urea groups is 1. The third-order valence-corrected chi connectivity index (χ3v) is 7.03. The predicted octanol–water partition coefficient (Wildman–Crippen LogP) is 1.01. The molecule has 2 aromatic rings. The maximum atomic E-state index is 12.7. The van der Waals surface area contributed by atoms with E-state index in [0.29, 0.717) is 44.0 Å². The molecule has 1 aromatic heterocycles. The van der Waals surface area contributed by atoms with Gasteiger partial charge in [0.15, 0.2) is 0 Å². The molecule has 200 valence electrons. The molecule has 1 saturated carbocycles. The van der Waals surface area contributed by atoms with Crippen LogP contribution in [0.4, 0.5) is 10.6 Å². The molecule has 0 bridgehead atoms. The van der Waals surface area contributed by atoms with E-state index in [0.717, 1.165) is 37.8 Å². The van der Waals surface area contributed by atoms with Crippen LogP contribution in [0.5, 0.6) is 0 Å². The number of nitrogens with zero attached hydrogens (tertiary/aromatic N) is 4. The highest BCUT2D eigenvalue weighted by atomic mass is 16.2. The second-order valence-corrected chi connectivity index (χ2v) is 10.6. The number of nitrogens with two attached hydrogens (primary N) is 2. The lowest BCUT2D eigenvalue weighted by molar-refractivity contribution is -0.137. The van der Waals surface area contributed by atoms with Crippen molar-refractivity contribution < 1.29 is 9.59 Å². The van der Waals surface area contributed by atoms with E-state index in [1.807, 2.05) is 24.3 Å². The number of anilines is 1. The van der Waals surface area contributed by atoms with Crippen LogP contribution in [-0.4, -0.2) is 75.1 Å². The minimum absolute atomic E-state index is 0.142. The van der Waals surface area contributed by atoms with Crippen LogP contribution in [0, 0.1) is 0 Å². The SMILES string of the molecule is CC(C)(N)C(=O)N1CCN(C(=O)Nc2ccn(-c3ccc(CNC4CCC(N)CC4)cc3)c(=O)n2)CC1. The number of hydrogen-bond acceptors (Lipinski definition) is 7. The first kappa shape index (κ1) is 26.8. The average molecular weight is 511 g/mol. The van der Waals surface area contributed by atoms with Crippen LogP contribution in [0.25, 0.3) is 5.69 Å². The molecular weight excluding hydrogens is 472 g/mol. The molecule has 2 fully saturated rings. The van der Waals surface area contributed by atoms with Crippen molar-refractivity contribution in [2.45, 2.75) is 63.7 Å². The first-order chi connectivity index (χ1) is 17.6. The predicted molar refractivity (Wildman–Crippen MR) is 142 cm³/mol. The number of hydrogen-bond donors (Lipinski definition) is 4. The lowest BCUT2D eigenvalue weighted by Crippen LogP contribution is -2.58. The molecule has 4 rings (SSSR count). The third kappa shape index (κ3) is 6.94. The van der Waals surface area contributed by atoms with Gasteiger partial charge in [0.2, 0.25) is 5.91 Å². The molecule has 37 heavy (non-hydrogen) atoms. The quantitative estimate of drug-likeness (QED) is 0.453. The fraction of sp³-hybridized carbons (Fsp3) is 0.538. The van der Waals surface area contributed by atoms with E-state index in [2.05, 4.69) is 15.6 Å². The minimum atomic E-state index is -0.945. The fourth-order valence-corrected chi connectivity index (χ4v) is 4.74. The number of piperazine rings is 1. The van der Waals surface area contributed by atoms with Crippen molar-refractivity contribution >= 4 is 17.8 Å². The van der Waals surface area contributed by atoms with Gasteiger partial charge in [0, 0.05) is 51.0 Å². The van der Waals surface area contributed by atoms with E-state index in [4.69, 9.17) is 11.5 Å². The maximum Gasteiger partial charge on any atom is 0.354 e. The standard InChI is InChI=1S/C26H38N8O3/c1-26(2,28)23(35)32-13-15-33(16-14-32)24(36)30-22-11-12-34(25(37)31-22)21-9-3-18(4-10-21)17-29-20-7-5-19(27)6-8-20/h3-4,9-12,19-20,29H,5-8,13-17,27-28H2,1-2H3,(H,30,31,36,37). The van der Waals surface area contributed by atoms with Crippen LogP contribution < -0.4 is 27.8 Å². The first-order valence-corrected chi connectivity index (χ1v) is 12.9. The number of nitrogens with one attached hydrogen (secondary N) is 2. The molecule has 0 radical (unpaired) electrons. The summed E-state index contributed by atoms with van der Waals surface area (Å²) in [7, 11) is 0. The Morgan fingerprint density at radius 1 is 1.00 bits per heavy atom. The molecule has 2 aliphatic rings. The third-order valence-electron chi connectivity index (χ3n) is 7.03. The van der Waals surface area contributed by atoms with Crippen LogP contribution in [0.15, 0.2) is 41.3 Å². The smallest absolute Gasteiger partial charge is 0.338 e. The van der Waals surface area contributed by atoms with Gasteiger partial charge in [0.25, 0.3) is 0 Å². The monoisotopic (exact) mass is 510 g/mol. The highest BCUT2D eigenvalue weighted by Gasteiger charge is 2.31. The Morgan fingerprint density at radius 3 is 2.22 bits per heavy atom. The molecule has 0 spiro atoms. The van der Waals surface area contributed by atoms with Gasteiger partial charge in [-0.05, 0) is 63.3 Å². The van der Waals surface area contributed by atoms with E-state index in [-0.39, 0.29) is 17.8 Å². The Hall–Kier alpha value is -3.28. The van der Waals surface area contributed by atoms with Crippen molar-refractivity contribution in [1.82, 2.24) is 24.7 Å². The van der Waals surface area contributed by atoms with Gasteiger partial charge >= 0.3 is 11.7 Å². The zero-order chi connectivity index (χ0) is 26.6. The molecule has 0 unspecified atom stereocenters. The molecule has 1 aliphatic heterocycles. The molecule has 3 amide bonds. The average Bonchev–Trinajstić information content (AvgIpc) is 2.88. The van der Waals surface area contributed by atoms with Crippen LogP contribution in [0.3, 0.4) is 0 Å². The summed E-state index contributed by atoms with van der Waals surface area (Å²) >= 11 is 0.